The minimum atomic E-state index is -0.274. The van der Waals surface area contributed by atoms with Crippen molar-refractivity contribution in [1.29, 1.82) is 0 Å². The fraction of sp³-hybridized carbons (Fsp3) is 0.188. The molecule has 19 heavy (non-hydrogen) atoms. The SMILES string of the molecule is CCOC(=O)c1ccc(-c2ccccc2)c(CBr)c1. The van der Waals surface area contributed by atoms with E-state index < -0.39 is 0 Å². The fourth-order valence-corrected chi connectivity index (χ4v) is 2.41. The van der Waals surface area contributed by atoms with E-state index in [2.05, 4.69) is 28.1 Å². The van der Waals surface area contributed by atoms with E-state index in [9.17, 15) is 4.79 Å². The Balaban J connectivity index is 2.40. The maximum absolute atomic E-state index is 11.7. The summed E-state index contributed by atoms with van der Waals surface area (Å²) >= 11 is 3.48. The van der Waals surface area contributed by atoms with Gasteiger partial charge in [0.2, 0.25) is 0 Å². The summed E-state index contributed by atoms with van der Waals surface area (Å²) in [4.78, 5) is 11.7. The number of benzene rings is 2. The van der Waals surface area contributed by atoms with E-state index in [-0.39, 0.29) is 5.97 Å². The van der Waals surface area contributed by atoms with Gasteiger partial charge in [0.25, 0.3) is 0 Å². The van der Waals surface area contributed by atoms with Gasteiger partial charge in [0.1, 0.15) is 0 Å². The summed E-state index contributed by atoms with van der Waals surface area (Å²) in [6.45, 7) is 2.20. The largest absolute Gasteiger partial charge is 0.462 e. The van der Waals surface area contributed by atoms with Crippen LogP contribution in [0.25, 0.3) is 11.1 Å². The van der Waals surface area contributed by atoms with Crippen molar-refractivity contribution in [3.05, 3.63) is 59.7 Å². The van der Waals surface area contributed by atoms with Gasteiger partial charge in [0, 0.05) is 5.33 Å². The molecule has 2 aromatic carbocycles. The summed E-state index contributed by atoms with van der Waals surface area (Å²) in [5, 5.41) is 0.699. The zero-order chi connectivity index (χ0) is 13.7. The standard InChI is InChI=1S/C16H15BrO2/c1-2-19-16(18)13-8-9-15(14(10-13)11-17)12-6-4-3-5-7-12/h3-10H,2,11H2,1H3. The van der Waals surface area contributed by atoms with Crippen molar-refractivity contribution < 1.29 is 9.53 Å². The van der Waals surface area contributed by atoms with Gasteiger partial charge in [-0.25, -0.2) is 4.79 Å². The summed E-state index contributed by atoms with van der Waals surface area (Å²) in [6, 6.07) is 15.8. The molecule has 0 aromatic heterocycles. The predicted octanol–water partition coefficient (Wildman–Crippen LogP) is 4.43. The number of alkyl halides is 1. The molecule has 0 aliphatic heterocycles. The van der Waals surface area contributed by atoms with Crippen LogP contribution >= 0.6 is 15.9 Å². The lowest BCUT2D eigenvalue weighted by Crippen LogP contribution is -2.05. The molecule has 0 bridgehead atoms. The molecule has 2 nitrogen and oxygen atoms in total. The van der Waals surface area contributed by atoms with Crippen molar-refractivity contribution in [2.75, 3.05) is 6.61 Å². The third-order valence-electron chi connectivity index (χ3n) is 2.85. The van der Waals surface area contributed by atoms with Crippen LogP contribution in [0.5, 0.6) is 0 Å². The van der Waals surface area contributed by atoms with Gasteiger partial charge in [-0.3, -0.25) is 0 Å². The van der Waals surface area contributed by atoms with Gasteiger partial charge in [-0.1, -0.05) is 52.3 Å². The highest BCUT2D eigenvalue weighted by molar-refractivity contribution is 9.08. The maximum Gasteiger partial charge on any atom is 0.338 e. The summed E-state index contributed by atoms with van der Waals surface area (Å²) in [6.07, 6.45) is 0. The highest BCUT2D eigenvalue weighted by Gasteiger charge is 2.10. The average Bonchev–Trinajstić information content (AvgIpc) is 2.47. The third-order valence-corrected chi connectivity index (χ3v) is 3.45. The smallest absolute Gasteiger partial charge is 0.338 e. The first kappa shape index (κ1) is 13.8. The number of halogens is 1. The number of carbonyl (C=O) groups is 1. The fourth-order valence-electron chi connectivity index (χ4n) is 1.95. The number of hydrogen-bond acceptors (Lipinski definition) is 2. The van der Waals surface area contributed by atoms with E-state index in [0.717, 1.165) is 16.7 Å². The zero-order valence-electron chi connectivity index (χ0n) is 10.7. The first-order chi connectivity index (χ1) is 9.26. The monoisotopic (exact) mass is 318 g/mol. The molecule has 0 unspecified atom stereocenters. The summed E-state index contributed by atoms with van der Waals surface area (Å²) < 4.78 is 5.02. The van der Waals surface area contributed by atoms with Crippen LogP contribution in [-0.4, -0.2) is 12.6 Å². The van der Waals surface area contributed by atoms with Crippen LogP contribution in [0.2, 0.25) is 0 Å². The van der Waals surface area contributed by atoms with Crippen LogP contribution in [0.15, 0.2) is 48.5 Å². The second kappa shape index (κ2) is 6.53. The Kier molecular flexibility index (Phi) is 4.74. The molecule has 3 heteroatoms. The van der Waals surface area contributed by atoms with E-state index >= 15 is 0 Å². The van der Waals surface area contributed by atoms with Gasteiger partial charge in [-0.15, -0.1) is 0 Å². The summed E-state index contributed by atoms with van der Waals surface area (Å²) in [7, 11) is 0. The minimum absolute atomic E-state index is 0.274. The van der Waals surface area contributed by atoms with Crippen molar-refractivity contribution in [2.24, 2.45) is 0 Å². The minimum Gasteiger partial charge on any atom is -0.462 e. The highest BCUT2D eigenvalue weighted by Crippen LogP contribution is 2.26. The summed E-state index contributed by atoms with van der Waals surface area (Å²) in [5.41, 5.74) is 3.95. The van der Waals surface area contributed by atoms with Crippen LogP contribution in [-0.2, 0) is 10.1 Å². The molecule has 0 aliphatic carbocycles. The van der Waals surface area contributed by atoms with Gasteiger partial charge in [0.15, 0.2) is 0 Å². The molecule has 0 radical (unpaired) electrons. The van der Waals surface area contributed by atoms with Crippen LogP contribution in [0.3, 0.4) is 0 Å². The molecule has 0 heterocycles. The molecule has 0 fully saturated rings. The highest BCUT2D eigenvalue weighted by atomic mass is 79.9. The van der Waals surface area contributed by atoms with Crippen LogP contribution < -0.4 is 0 Å². The average molecular weight is 319 g/mol. The quantitative estimate of drug-likeness (QED) is 0.616. The van der Waals surface area contributed by atoms with Crippen molar-refractivity contribution in [1.82, 2.24) is 0 Å². The second-order valence-electron chi connectivity index (χ2n) is 4.09. The summed E-state index contributed by atoms with van der Waals surface area (Å²) in [5.74, 6) is -0.274. The molecule has 0 N–H and O–H groups in total. The topological polar surface area (TPSA) is 26.3 Å². The first-order valence-corrected chi connectivity index (χ1v) is 7.30. The molecule has 0 spiro atoms. The molecule has 0 atom stereocenters. The second-order valence-corrected chi connectivity index (χ2v) is 4.65. The Morgan fingerprint density at radius 3 is 2.53 bits per heavy atom. The molecule has 0 saturated heterocycles. The lowest BCUT2D eigenvalue weighted by Gasteiger charge is -2.10. The van der Waals surface area contributed by atoms with Crippen molar-refractivity contribution in [2.45, 2.75) is 12.3 Å². The van der Waals surface area contributed by atoms with E-state index in [1.165, 1.54) is 0 Å². The van der Waals surface area contributed by atoms with E-state index in [1.807, 2.05) is 43.3 Å². The number of carbonyl (C=O) groups excluding carboxylic acids is 1. The van der Waals surface area contributed by atoms with E-state index in [0.29, 0.717) is 17.5 Å². The van der Waals surface area contributed by atoms with Crippen molar-refractivity contribution in [3.8, 4) is 11.1 Å². The third kappa shape index (κ3) is 3.24. The van der Waals surface area contributed by atoms with Gasteiger partial charge in [-0.2, -0.15) is 0 Å². The molecule has 2 aromatic rings. The Hall–Kier alpha value is -1.61. The molecule has 0 amide bonds. The molecule has 0 saturated carbocycles. The van der Waals surface area contributed by atoms with Crippen molar-refractivity contribution in [3.63, 3.8) is 0 Å². The van der Waals surface area contributed by atoms with Gasteiger partial charge < -0.3 is 4.74 Å². The Labute approximate surface area is 121 Å². The number of rotatable bonds is 4. The maximum atomic E-state index is 11.7. The Bertz CT molecular complexity index is 564. The van der Waals surface area contributed by atoms with Crippen LogP contribution in [0.4, 0.5) is 0 Å². The number of ether oxygens (including phenoxy) is 1. The molecule has 2 rings (SSSR count). The molecule has 98 valence electrons. The lowest BCUT2D eigenvalue weighted by atomic mass is 9.98. The first-order valence-electron chi connectivity index (χ1n) is 6.17. The van der Waals surface area contributed by atoms with Crippen LogP contribution in [0, 0.1) is 0 Å². The van der Waals surface area contributed by atoms with Gasteiger partial charge in [0.05, 0.1) is 12.2 Å². The van der Waals surface area contributed by atoms with Gasteiger partial charge >= 0.3 is 5.97 Å². The number of hydrogen-bond donors (Lipinski definition) is 0. The molecule has 0 aliphatic rings. The Morgan fingerprint density at radius 1 is 1.16 bits per heavy atom. The number of esters is 1. The Morgan fingerprint density at radius 2 is 1.89 bits per heavy atom. The van der Waals surface area contributed by atoms with Gasteiger partial charge in [-0.05, 0) is 35.7 Å². The normalized spacial score (nSPS) is 10.2. The lowest BCUT2D eigenvalue weighted by molar-refractivity contribution is 0.0526. The van der Waals surface area contributed by atoms with E-state index in [4.69, 9.17) is 4.74 Å². The molecular formula is C16H15BrO2. The predicted molar refractivity (Wildman–Crippen MR) is 80.5 cm³/mol. The zero-order valence-corrected chi connectivity index (χ0v) is 12.3. The van der Waals surface area contributed by atoms with Crippen molar-refractivity contribution >= 4 is 21.9 Å². The van der Waals surface area contributed by atoms with Crippen LogP contribution in [0.1, 0.15) is 22.8 Å². The molecular weight excluding hydrogens is 304 g/mol. The van der Waals surface area contributed by atoms with E-state index in [1.54, 1.807) is 0 Å².